The molecule has 6 nitrogen and oxygen atoms in total. The lowest BCUT2D eigenvalue weighted by atomic mass is 9.91. The van der Waals surface area contributed by atoms with Crippen molar-refractivity contribution in [3.8, 4) is 0 Å². The molecule has 1 saturated carbocycles. The number of nitrogens with zero attached hydrogens (tertiary/aromatic N) is 2. The zero-order valence-electron chi connectivity index (χ0n) is 10.2. The van der Waals surface area contributed by atoms with Gasteiger partial charge >= 0.3 is 0 Å². The molecule has 1 amide bonds. The number of pyridine rings is 1. The molecule has 0 unspecified atom stereocenters. The van der Waals surface area contributed by atoms with Gasteiger partial charge in [0.1, 0.15) is 11.5 Å². The van der Waals surface area contributed by atoms with E-state index in [4.69, 9.17) is 10.9 Å². The topological polar surface area (TPSA) is 91.5 Å². The second-order valence-corrected chi connectivity index (χ2v) is 4.36. The molecule has 1 aliphatic rings. The summed E-state index contributed by atoms with van der Waals surface area (Å²) in [5, 5.41) is 9.06. The Morgan fingerprint density at radius 1 is 1.56 bits per heavy atom. The number of hydrogen-bond donors (Lipinski definition) is 3. The maximum atomic E-state index is 12.3. The van der Waals surface area contributed by atoms with Gasteiger partial charge in [-0.15, -0.1) is 0 Å². The number of carbonyl (C=O) groups excluding carboxylic acids is 1. The van der Waals surface area contributed by atoms with Crippen LogP contribution in [0, 0.1) is 0 Å². The van der Waals surface area contributed by atoms with E-state index in [0.29, 0.717) is 18.1 Å². The molecule has 98 valence electrons. The molecular formula is C12H18N4O2. The van der Waals surface area contributed by atoms with Crippen molar-refractivity contribution >= 4 is 11.7 Å². The van der Waals surface area contributed by atoms with Crippen LogP contribution in [0.15, 0.2) is 18.2 Å². The van der Waals surface area contributed by atoms with Gasteiger partial charge in [0.05, 0.1) is 6.61 Å². The summed E-state index contributed by atoms with van der Waals surface area (Å²) >= 11 is 0. The van der Waals surface area contributed by atoms with Gasteiger partial charge in [0.2, 0.25) is 0 Å². The number of carbonyl (C=O) groups is 1. The fraction of sp³-hybridized carbons (Fsp3) is 0.500. The summed E-state index contributed by atoms with van der Waals surface area (Å²) in [6.07, 6.45) is 3.14. The Kier molecular flexibility index (Phi) is 4.11. The van der Waals surface area contributed by atoms with E-state index >= 15 is 0 Å². The summed E-state index contributed by atoms with van der Waals surface area (Å²) in [5.74, 6) is 5.58. The number of aliphatic hydroxyl groups excluding tert-OH is 1. The lowest BCUT2D eigenvalue weighted by molar-refractivity contribution is 0.0520. The lowest BCUT2D eigenvalue weighted by Crippen LogP contribution is -2.45. The number of aliphatic hydroxyl groups is 1. The first kappa shape index (κ1) is 12.8. The van der Waals surface area contributed by atoms with Crippen molar-refractivity contribution in [3.05, 3.63) is 23.9 Å². The zero-order valence-corrected chi connectivity index (χ0v) is 10.2. The highest BCUT2D eigenvalue weighted by Gasteiger charge is 2.29. The molecule has 0 bridgehead atoms. The van der Waals surface area contributed by atoms with E-state index in [1.807, 2.05) is 0 Å². The number of amides is 1. The normalized spacial score (nSPS) is 15.0. The number of anilines is 1. The fourth-order valence-electron chi connectivity index (χ4n) is 2.04. The van der Waals surface area contributed by atoms with Gasteiger partial charge in [0.15, 0.2) is 0 Å². The Balaban J connectivity index is 2.15. The second kappa shape index (κ2) is 5.79. The highest BCUT2D eigenvalue weighted by molar-refractivity contribution is 5.93. The predicted octanol–water partition coefficient (Wildman–Crippen LogP) is 0.354. The SMILES string of the molecule is NNc1cccc(C(=O)N(CCO)C2CCC2)n1. The summed E-state index contributed by atoms with van der Waals surface area (Å²) in [5.41, 5.74) is 2.77. The number of aromatic nitrogens is 1. The molecule has 1 aliphatic carbocycles. The molecule has 1 fully saturated rings. The van der Waals surface area contributed by atoms with Crippen LogP contribution in [0.5, 0.6) is 0 Å². The third-order valence-electron chi connectivity index (χ3n) is 3.23. The first-order chi connectivity index (χ1) is 8.76. The molecule has 0 atom stereocenters. The Hall–Kier alpha value is -1.66. The van der Waals surface area contributed by atoms with Crippen LogP contribution in [0.3, 0.4) is 0 Å². The van der Waals surface area contributed by atoms with Crippen molar-refractivity contribution in [1.29, 1.82) is 0 Å². The van der Waals surface area contributed by atoms with E-state index in [-0.39, 0.29) is 18.6 Å². The average molecular weight is 250 g/mol. The van der Waals surface area contributed by atoms with E-state index in [0.717, 1.165) is 19.3 Å². The van der Waals surface area contributed by atoms with Crippen molar-refractivity contribution in [3.63, 3.8) is 0 Å². The minimum Gasteiger partial charge on any atom is -0.395 e. The molecule has 0 saturated heterocycles. The van der Waals surface area contributed by atoms with Crippen molar-refractivity contribution < 1.29 is 9.90 Å². The largest absolute Gasteiger partial charge is 0.395 e. The maximum absolute atomic E-state index is 12.3. The number of hydrogen-bond acceptors (Lipinski definition) is 5. The van der Waals surface area contributed by atoms with Gasteiger partial charge in [0, 0.05) is 12.6 Å². The number of rotatable bonds is 5. The predicted molar refractivity (Wildman–Crippen MR) is 67.8 cm³/mol. The van der Waals surface area contributed by atoms with Crippen molar-refractivity contribution in [2.24, 2.45) is 5.84 Å². The van der Waals surface area contributed by atoms with Crippen LogP contribution in [0.4, 0.5) is 5.82 Å². The summed E-state index contributed by atoms with van der Waals surface area (Å²) < 4.78 is 0. The molecule has 6 heteroatoms. The number of hydrazine groups is 1. The van der Waals surface area contributed by atoms with Gasteiger partial charge in [-0.3, -0.25) is 4.79 Å². The Morgan fingerprint density at radius 3 is 2.89 bits per heavy atom. The molecule has 1 heterocycles. The summed E-state index contributed by atoms with van der Waals surface area (Å²) in [6.45, 7) is 0.322. The van der Waals surface area contributed by atoms with E-state index in [9.17, 15) is 4.79 Å². The van der Waals surface area contributed by atoms with Crippen molar-refractivity contribution in [2.45, 2.75) is 25.3 Å². The summed E-state index contributed by atoms with van der Waals surface area (Å²) in [7, 11) is 0. The quantitative estimate of drug-likeness (QED) is 0.518. The molecule has 1 aromatic heterocycles. The average Bonchev–Trinajstić information content (AvgIpc) is 2.35. The van der Waals surface area contributed by atoms with Crippen LogP contribution in [0.25, 0.3) is 0 Å². The monoisotopic (exact) mass is 250 g/mol. The molecule has 1 aromatic rings. The van der Waals surface area contributed by atoms with Crippen LogP contribution in [0.2, 0.25) is 0 Å². The van der Waals surface area contributed by atoms with Crippen LogP contribution in [0.1, 0.15) is 29.8 Å². The van der Waals surface area contributed by atoms with Crippen LogP contribution >= 0.6 is 0 Å². The van der Waals surface area contributed by atoms with E-state index in [2.05, 4.69) is 10.4 Å². The fourth-order valence-corrected chi connectivity index (χ4v) is 2.04. The number of nitrogens with two attached hydrogens (primary N) is 1. The van der Waals surface area contributed by atoms with Gasteiger partial charge in [-0.05, 0) is 31.4 Å². The molecule has 18 heavy (non-hydrogen) atoms. The summed E-state index contributed by atoms with van der Waals surface area (Å²) in [6, 6.07) is 5.32. The second-order valence-electron chi connectivity index (χ2n) is 4.36. The Labute approximate surface area is 106 Å². The standard InChI is InChI=1S/C12H18N4O2/c13-15-11-6-2-5-10(14-11)12(18)16(7-8-17)9-3-1-4-9/h2,5-6,9,17H,1,3-4,7-8,13H2,(H,14,15). The van der Waals surface area contributed by atoms with Gasteiger partial charge in [-0.1, -0.05) is 6.07 Å². The maximum Gasteiger partial charge on any atom is 0.272 e. The van der Waals surface area contributed by atoms with Gasteiger partial charge in [-0.2, -0.15) is 0 Å². The van der Waals surface area contributed by atoms with Crippen LogP contribution in [-0.2, 0) is 0 Å². The highest BCUT2D eigenvalue weighted by Crippen LogP contribution is 2.25. The third-order valence-corrected chi connectivity index (χ3v) is 3.23. The smallest absolute Gasteiger partial charge is 0.272 e. The minimum absolute atomic E-state index is 0.0307. The summed E-state index contributed by atoms with van der Waals surface area (Å²) in [4.78, 5) is 18.1. The molecular weight excluding hydrogens is 232 g/mol. The van der Waals surface area contributed by atoms with Gasteiger partial charge < -0.3 is 15.4 Å². The lowest BCUT2D eigenvalue weighted by Gasteiger charge is -2.37. The van der Waals surface area contributed by atoms with Crippen LogP contribution in [-0.4, -0.2) is 40.1 Å². The Morgan fingerprint density at radius 2 is 2.33 bits per heavy atom. The van der Waals surface area contributed by atoms with E-state index in [1.54, 1.807) is 23.1 Å². The molecule has 4 N–H and O–H groups in total. The number of nitrogen functional groups attached to an aromatic ring is 1. The van der Waals surface area contributed by atoms with Crippen molar-refractivity contribution in [2.75, 3.05) is 18.6 Å². The first-order valence-electron chi connectivity index (χ1n) is 6.11. The van der Waals surface area contributed by atoms with Crippen molar-refractivity contribution in [1.82, 2.24) is 9.88 Å². The van der Waals surface area contributed by atoms with E-state index < -0.39 is 0 Å². The molecule has 0 aliphatic heterocycles. The zero-order chi connectivity index (χ0) is 13.0. The van der Waals surface area contributed by atoms with Gasteiger partial charge in [0.25, 0.3) is 5.91 Å². The number of nitrogens with one attached hydrogen (secondary N) is 1. The van der Waals surface area contributed by atoms with Crippen LogP contribution < -0.4 is 11.3 Å². The third kappa shape index (κ3) is 2.60. The van der Waals surface area contributed by atoms with Gasteiger partial charge in [-0.25, -0.2) is 10.8 Å². The van der Waals surface area contributed by atoms with E-state index in [1.165, 1.54) is 0 Å². The molecule has 2 rings (SSSR count). The first-order valence-corrected chi connectivity index (χ1v) is 6.11. The minimum atomic E-state index is -0.147. The highest BCUT2D eigenvalue weighted by atomic mass is 16.3. The molecule has 0 aromatic carbocycles. The molecule has 0 spiro atoms. The molecule has 0 radical (unpaired) electrons. The Bertz CT molecular complexity index is 420.